The maximum absolute atomic E-state index is 12.6. The fourth-order valence-corrected chi connectivity index (χ4v) is 6.60. The van der Waals surface area contributed by atoms with Crippen molar-refractivity contribution >= 4 is 27.6 Å². The van der Waals surface area contributed by atoms with Gasteiger partial charge in [0.2, 0.25) is 0 Å². The number of hydrogen-bond acceptors (Lipinski definition) is 11. The minimum atomic E-state index is -4.87. The third kappa shape index (κ3) is 39.1. The SMILES string of the molecule is CC/C=C/CC(O)/C=C/C=C/CCCCCCCC(=O)OC[C@H](COP(=O)(O)OC[C@@H](O)COP(=O)(O)O)OC(=O)CCCCCCCCCCCCCCC. The van der Waals surface area contributed by atoms with Gasteiger partial charge in [-0.3, -0.25) is 23.2 Å². The molecule has 0 aliphatic rings. The molecule has 0 fully saturated rings. The molecule has 0 aromatic carbocycles. The lowest BCUT2D eigenvalue weighted by Gasteiger charge is -2.20. The molecule has 14 nitrogen and oxygen atoms in total. The van der Waals surface area contributed by atoms with Gasteiger partial charge in [0.05, 0.1) is 25.9 Å². The Balaban J connectivity index is 4.59. The fourth-order valence-electron chi connectivity index (χ4n) is 5.44. The van der Waals surface area contributed by atoms with E-state index >= 15 is 0 Å². The first-order valence-electron chi connectivity index (χ1n) is 20.8. The van der Waals surface area contributed by atoms with Gasteiger partial charge in [0.25, 0.3) is 0 Å². The largest absolute Gasteiger partial charge is 0.472 e. The highest BCUT2D eigenvalue weighted by atomic mass is 31.2. The van der Waals surface area contributed by atoms with E-state index in [0.29, 0.717) is 19.3 Å². The first kappa shape index (κ1) is 54.3. The Hall–Kier alpha value is -1.70. The summed E-state index contributed by atoms with van der Waals surface area (Å²) in [6.07, 6.45) is 30.4. The number of carbonyl (C=O) groups excluding carboxylic acids is 2. The van der Waals surface area contributed by atoms with E-state index < -0.39 is 72.3 Å². The fraction of sp³-hybridized carbons (Fsp3) is 0.800. The lowest BCUT2D eigenvalue weighted by molar-refractivity contribution is -0.161. The Morgan fingerprint density at radius 3 is 1.68 bits per heavy atom. The van der Waals surface area contributed by atoms with E-state index in [1.54, 1.807) is 6.08 Å². The number of aliphatic hydroxyl groups excluding tert-OH is 2. The Morgan fingerprint density at radius 2 is 1.11 bits per heavy atom. The van der Waals surface area contributed by atoms with Crippen LogP contribution >= 0.6 is 15.6 Å². The molecule has 0 rings (SSSR count). The summed E-state index contributed by atoms with van der Waals surface area (Å²) < 4.78 is 47.6. The number of phosphoric ester groups is 2. The molecule has 328 valence electrons. The van der Waals surface area contributed by atoms with E-state index in [1.807, 2.05) is 24.3 Å². The molecular weight excluding hydrogens is 766 g/mol. The number of allylic oxidation sites excluding steroid dienone is 4. The van der Waals surface area contributed by atoms with Crippen LogP contribution in [0.4, 0.5) is 0 Å². The first-order valence-corrected chi connectivity index (χ1v) is 23.8. The lowest BCUT2D eigenvalue weighted by atomic mass is 10.0. The zero-order valence-corrected chi connectivity index (χ0v) is 35.9. The van der Waals surface area contributed by atoms with Crippen molar-refractivity contribution in [2.24, 2.45) is 0 Å². The van der Waals surface area contributed by atoms with Crippen molar-refractivity contribution in [1.82, 2.24) is 0 Å². The van der Waals surface area contributed by atoms with Gasteiger partial charge < -0.3 is 34.4 Å². The number of rotatable bonds is 39. The zero-order valence-electron chi connectivity index (χ0n) is 34.1. The van der Waals surface area contributed by atoms with Crippen molar-refractivity contribution in [3.05, 3.63) is 36.5 Å². The molecule has 0 aromatic rings. The second-order valence-corrected chi connectivity index (χ2v) is 16.8. The van der Waals surface area contributed by atoms with Crippen molar-refractivity contribution in [2.45, 2.75) is 180 Å². The molecule has 0 saturated heterocycles. The Labute approximate surface area is 336 Å². The summed E-state index contributed by atoms with van der Waals surface area (Å²) in [4.78, 5) is 52.6. The van der Waals surface area contributed by atoms with Gasteiger partial charge in [-0.25, -0.2) is 9.13 Å². The highest BCUT2D eigenvalue weighted by molar-refractivity contribution is 7.47. The lowest BCUT2D eigenvalue weighted by Crippen LogP contribution is -2.30. The second kappa shape index (κ2) is 36.4. The number of phosphoric acid groups is 2. The highest BCUT2D eigenvalue weighted by Gasteiger charge is 2.28. The number of hydrogen-bond donors (Lipinski definition) is 5. The van der Waals surface area contributed by atoms with E-state index in [9.17, 15) is 33.8 Å². The summed E-state index contributed by atoms with van der Waals surface area (Å²) >= 11 is 0. The average molecular weight is 841 g/mol. The van der Waals surface area contributed by atoms with E-state index in [1.165, 1.54) is 57.8 Å². The number of carbonyl (C=O) groups is 2. The molecule has 0 bridgehead atoms. The van der Waals surface area contributed by atoms with Gasteiger partial charge in [-0.1, -0.05) is 147 Å². The zero-order chi connectivity index (χ0) is 41.8. The van der Waals surface area contributed by atoms with E-state index in [0.717, 1.165) is 57.8 Å². The standard InChI is InChI=1S/C40H74O14P2/c1-3-5-7-8-9-10-11-12-13-16-20-23-27-31-40(44)54-38(35-53-56(48,49)52-33-37(42)32-51-55(45,46)47)34-50-39(43)30-26-22-19-17-14-15-18-21-25-29-36(41)28-24-6-4-2/h6,18,21,24-25,29,36-38,41-42H,3-5,7-17,19-20,22-23,26-28,30-35H2,1-2H3,(H,48,49)(H2,45,46,47)/b21-18+,24-6+,29-25+/t36?,37-,38+/m0/s1. The average Bonchev–Trinajstić information content (AvgIpc) is 3.15. The van der Waals surface area contributed by atoms with Gasteiger partial charge in [-0.2, -0.15) is 0 Å². The summed E-state index contributed by atoms with van der Waals surface area (Å²) in [5, 5.41) is 19.6. The van der Waals surface area contributed by atoms with Crippen LogP contribution in [0.15, 0.2) is 36.5 Å². The molecule has 2 unspecified atom stereocenters. The van der Waals surface area contributed by atoms with Crippen LogP contribution in [0.5, 0.6) is 0 Å². The number of ether oxygens (including phenoxy) is 2. The second-order valence-electron chi connectivity index (χ2n) is 14.1. The van der Waals surface area contributed by atoms with Crippen LogP contribution in [0.2, 0.25) is 0 Å². The maximum atomic E-state index is 12.6. The predicted octanol–water partition coefficient (Wildman–Crippen LogP) is 9.09. The number of unbranched alkanes of at least 4 members (excludes halogenated alkanes) is 17. The Bertz CT molecular complexity index is 1160. The van der Waals surface area contributed by atoms with E-state index in [2.05, 4.69) is 29.0 Å². The molecule has 0 spiro atoms. The van der Waals surface area contributed by atoms with Gasteiger partial charge in [0, 0.05) is 12.8 Å². The quantitative estimate of drug-likeness (QED) is 0.0128. The van der Waals surface area contributed by atoms with Crippen molar-refractivity contribution in [3.8, 4) is 0 Å². The van der Waals surface area contributed by atoms with Crippen LogP contribution < -0.4 is 0 Å². The molecule has 0 aliphatic carbocycles. The van der Waals surface area contributed by atoms with Crippen molar-refractivity contribution in [1.29, 1.82) is 0 Å². The van der Waals surface area contributed by atoms with Crippen LogP contribution in [0, 0.1) is 0 Å². The molecule has 0 aliphatic heterocycles. The van der Waals surface area contributed by atoms with Crippen molar-refractivity contribution < 1.29 is 66.7 Å². The molecule has 56 heavy (non-hydrogen) atoms. The van der Waals surface area contributed by atoms with Gasteiger partial charge >= 0.3 is 27.6 Å². The highest BCUT2D eigenvalue weighted by Crippen LogP contribution is 2.43. The molecule has 4 atom stereocenters. The maximum Gasteiger partial charge on any atom is 0.472 e. The van der Waals surface area contributed by atoms with Crippen LogP contribution in [0.25, 0.3) is 0 Å². The van der Waals surface area contributed by atoms with Crippen molar-refractivity contribution in [3.63, 3.8) is 0 Å². The molecular formula is C40H74O14P2. The number of esters is 2. The van der Waals surface area contributed by atoms with Gasteiger partial charge in [0.15, 0.2) is 6.10 Å². The van der Waals surface area contributed by atoms with Crippen LogP contribution in [-0.4, -0.2) is 81.6 Å². The summed E-state index contributed by atoms with van der Waals surface area (Å²) in [6, 6.07) is 0. The molecule has 0 saturated carbocycles. The van der Waals surface area contributed by atoms with Crippen LogP contribution in [-0.2, 0) is 41.8 Å². The summed E-state index contributed by atoms with van der Waals surface area (Å²) in [6.45, 7) is 1.51. The van der Waals surface area contributed by atoms with E-state index in [-0.39, 0.29) is 12.8 Å². The minimum Gasteiger partial charge on any atom is -0.462 e. The van der Waals surface area contributed by atoms with Crippen molar-refractivity contribution in [2.75, 3.05) is 26.4 Å². The van der Waals surface area contributed by atoms with Crippen LogP contribution in [0.1, 0.15) is 162 Å². The normalized spacial score (nSPS) is 15.1. The Morgan fingerprint density at radius 1 is 0.589 bits per heavy atom. The third-order valence-corrected chi connectivity index (χ3v) is 10.0. The minimum absolute atomic E-state index is 0.119. The van der Waals surface area contributed by atoms with E-state index in [4.69, 9.17) is 23.8 Å². The monoisotopic (exact) mass is 840 g/mol. The summed E-state index contributed by atoms with van der Waals surface area (Å²) in [5.74, 6) is -1.08. The van der Waals surface area contributed by atoms with Gasteiger partial charge in [0.1, 0.15) is 12.7 Å². The molecule has 0 heterocycles. The third-order valence-electron chi connectivity index (χ3n) is 8.61. The molecule has 0 amide bonds. The van der Waals surface area contributed by atoms with Crippen LogP contribution in [0.3, 0.4) is 0 Å². The number of aliphatic hydroxyl groups is 2. The van der Waals surface area contributed by atoms with Gasteiger partial charge in [-0.15, -0.1) is 0 Å². The molecule has 0 radical (unpaired) electrons. The molecule has 16 heteroatoms. The Kier molecular flexibility index (Phi) is 35.3. The predicted molar refractivity (Wildman–Crippen MR) is 218 cm³/mol. The summed E-state index contributed by atoms with van der Waals surface area (Å²) in [7, 11) is -9.68. The topological polar surface area (TPSA) is 216 Å². The summed E-state index contributed by atoms with van der Waals surface area (Å²) in [5.41, 5.74) is 0. The first-order chi connectivity index (χ1) is 26.8. The van der Waals surface area contributed by atoms with Gasteiger partial charge in [-0.05, 0) is 38.5 Å². The smallest absolute Gasteiger partial charge is 0.462 e. The molecule has 5 N–H and O–H groups in total. The molecule has 0 aromatic heterocycles.